The highest BCUT2D eigenvalue weighted by Gasteiger charge is 2.50. The van der Waals surface area contributed by atoms with Gasteiger partial charge in [0, 0.05) is 37.3 Å². The summed E-state index contributed by atoms with van der Waals surface area (Å²) in [6.07, 6.45) is 7.59. The van der Waals surface area contributed by atoms with E-state index in [1.807, 2.05) is 17.1 Å². The number of pyridine rings is 1. The molecule has 5 rings (SSSR count). The van der Waals surface area contributed by atoms with E-state index < -0.39 is 22.8 Å². The number of nitrogens with two attached hydrogens (primary N) is 1. The average molecular weight is 445 g/mol. The molecule has 0 bridgehead atoms. The maximum absolute atomic E-state index is 15.4. The molecule has 1 saturated carbocycles. The highest BCUT2D eigenvalue weighted by molar-refractivity contribution is 6.38. The van der Waals surface area contributed by atoms with Crippen LogP contribution in [0.15, 0.2) is 34.2 Å². The molecule has 1 aromatic carbocycles. The molecule has 0 radical (unpaired) electrons. The lowest BCUT2D eigenvalue weighted by Crippen LogP contribution is -2.46. The number of aliphatic imine (C=N–C) groups is 1. The Bertz CT molecular complexity index is 1220. The van der Waals surface area contributed by atoms with Crippen molar-refractivity contribution in [2.45, 2.75) is 36.9 Å². The van der Waals surface area contributed by atoms with Gasteiger partial charge in [0.15, 0.2) is 0 Å². The van der Waals surface area contributed by atoms with Crippen LogP contribution in [0.1, 0.15) is 35.7 Å². The summed E-state index contributed by atoms with van der Waals surface area (Å²) in [5.41, 5.74) is 5.20. The van der Waals surface area contributed by atoms with Crippen LogP contribution in [0, 0.1) is 11.7 Å². The second kappa shape index (κ2) is 6.90. The second-order valence-electron chi connectivity index (χ2n) is 8.69. The number of aromatic nitrogens is 1. The van der Waals surface area contributed by atoms with Crippen LogP contribution in [-0.4, -0.2) is 47.0 Å². The predicted octanol–water partition coefficient (Wildman–Crippen LogP) is 2.99. The van der Waals surface area contributed by atoms with Gasteiger partial charge in [0.2, 0.25) is 5.43 Å². The molecule has 1 saturated heterocycles. The molecule has 9 heteroatoms. The highest BCUT2D eigenvalue weighted by Crippen LogP contribution is 2.46. The van der Waals surface area contributed by atoms with E-state index in [1.54, 1.807) is 4.57 Å². The number of fused-ring (bicyclic) bond motifs is 2. The fourth-order valence-corrected chi connectivity index (χ4v) is 5.50. The van der Waals surface area contributed by atoms with E-state index >= 15 is 4.39 Å². The Hall–Kier alpha value is -2.71. The third-order valence-corrected chi connectivity index (χ3v) is 7.21. The maximum Gasteiger partial charge on any atom is 0.341 e. The van der Waals surface area contributed by atoms with Crippen molar-refractivity contribution in [2.75, 3.05) is 18.0 Å². The molecule has 1 aliphatic heterocycles. The molecule has 3 N–H and O–H groups in total. The summed E-state index contributed by atoms with van der Waals surface area (Å²) in [4.78, 5) is 30.5. The number of halogens is 2. The average Bonchev–Trinajstić information content (AvgIpc) is 3.49. The van der Waals surface area contributed by atoms with Crippen LogP contribution in [0.3, 0.4) is 0 Å². The van der Waals surface area contributed by atoms with E-state index in [-0.39, 0.29) is 39.7 Å². The van der Waals surface area contributed by atoms with Crippen molar-refractivity contribution in [1.29, 1.82) is 0 Å². The van der Waals surface area contributed by atoms with E-state index in [0.717, 1.165) is 18.9 Å². The quantitative estimate of drug-likeness (QED) is 0.557. The Balaban J connectivity index is 1.70. The van der Waals surface area contributed by atoms with Gasteiger partial charge in [-0.05, 0) is 32.0 Å². The highest BCUT2D eigenvalue weighted by atomic mass is 35.5. The molecule has 7 nitrogen and oxygen atoms in total. The van der Waals surface area contributed by atoms with Crippen molar-refractivity contribution in [3.05, 3.63) is 51.0 Å². The van der Waals surface area contributed by atoms with Gasteiger partial charge in [-0.15, -0.1) is 0 Å². The first-order valence-corrected chi connectivity index (χ1v) is 10.6. The molecule has 2 aliphatic carbocycles. The van der Waals surface area contributed by atoms with E-state index in [2.05, 4.69) is 11.7 Å². The number of hydrogen-bond donors (Lipinski definition) is 2. The van der Waals surface area contributed by atoms with Crippen molar-refractivity contribution in [2.24, 2.45) is 16.6 Å². The van der Waals surface area contributed by atoms with Crippen LogP contribution in [0.4, 0.5) is 10.1 Å². The Morgan fingerprint density at radius 2 is 2.16 bits per heavy atom. The summed E-state index contributed by atoms with van der Waals surface area (Å²) >= 11 is 6.75. The number of carboxylic acids is 1. The van der Waals surface area contributed by atoms with Gasteiger partial charge in [0.25, 0.3) is 0 Å². The molecule has 2 aromatic rings. The van der Waals surface area contributed by atoms with Crippen LogP contribution in [-0.2, 0) is 0 Å². The minimum atomic E-state index is -1.34. The van der Waals surface area contributed by atoms with Crippen LogP contribution in [0.5, 0.6) is 0 Å². The number of benzene rings is 1. The third kappa shape index (κ3) is 2.92. The summed E-state index contributed by atoms with van der Waals surface area (Å²) in [5, 5.41) is 9.52. The van der Waals surface area contributed by atoms with Gasteiger partial charge in [-0.3, -0.25) is 9.79 Å². The minimum Gasteiger partial charge on any atom is -0.477 e. The zero-order valence-electron chi connectivity index (χ0n) is 16.7. The number of carbonyl (C=O) groups is 1. The number of rotatable bonds is 4. The molecule has 0 spiro atoms. The van der Waals surface area contributed by atoms with Crippen molar-refractivity contribution >= 4 is 40.9 Å². The monoisotopic (exact) mass is 444 g/mol. The zero-order chi connectivity index (χ0) is 22.1. The van der Waals surface area contributed by atoms with Gasteiger partial charge in [-0.25, -0.2) is 9.18 Å². The number of anilines is 1. The molecular weight excluding hydrogens is 423 g/mol. The molecule has 2 fully saturated rings. The summed E-state index contributed by atoms with van der Waals surface area (Å²) < 4.78 is 17.1. The molecule has 0 amide bonds. The van der Waals surface area contributed by atoms with Crippen molar-refractivity contribution in [3.8, 4) is 0 Å². The molecule has 2 heterocycles. The molecule has 0 unspecified atom stereocenters. The Kier molecular flexibility index (Phi) is 4.50. The standard InChI is InChI=1S/C22H22ClFN4O3/c1-26-22-6-2-3-16(25)14(22)9-27(10-22)19-15(24)7-12-18(17(19)23)28(11-4-5-11)8-13(20(12)29)21(30)31/h2-3,7-8,11,14,16H,1,4-6,9-10,25H2,(H,30,31)/t14-,16-,22+/m1/s1. The topological polar surface area (TPSA) is 101 Å². The number of aromatic carboxylic acids is 1. The Morgan fingerprint density at radius 1 is 1.42 bits per heavy atom. The Morgan fingerprint density at radius 3 is 2.77 bits per heavy atom. The van der Waals surface area contributed by atoms with Crippen LogP contribution in [0.25, 0.3) is 10.9 Å². The van der Waals surface area contributed by atoms with Crippen molar-refractivity contribution in [3.63, 3.8) is 0 Å². The number of hydrogen-bond acceptors (Lipinski definition) is 5. The van der Waals surface area contributed by atoms with E-state index in [9.17, 15) is 14.7 Å². The second-order valence-corrected chi connectivity index (χ2v) is 9.07. The lowest BCUT2D eigenvalue weighted by atomic mass is 9.76. The summed E-state index contributed by atoms with van der Waals surface area (Å²) in [6, 6.07) is 0.921. The van der Waals surface area contributed by atoms with Gasteiger partial charge < -0.3 is 20.3 Å². The lowest BCUT2D eigenvalue weighted by molar-refractivity contribution is 0.0695. The Labute approximate surface area is 182 Å². The van der Waals surface area contributed by atoms with E-state index in [1.165, 1.54) is 6.20 Å². The van der Waals surface area contributed by atoms with Gasteiger partial charge in [0.1, 0.15) is 11.4 Å². The smallest absolute Gasteiger partial charge is 0.341 e. The molecule has 162 valence electrons. The molecular formula is C22H22ClFN4O3. The largest absolute Gasteiger partial charge is 0.477 e. The summed E-state index contributed by atoms with van der Waals surface area (Å²) in [6.45, 7) is 4.62. The van der Waals surface area contributed by atoms with Gasteiger partial charge in [-0.2, -0.15) is 0 Å². The van der Waals surface area contributed by atoms with Crippen LogP contribution < -0.4 is 16.1 Å². The number of carboxylic acid groups (broad SMARTS) is 1. The van der Waals surface area contributed by atoms with Gasteiger partial charge in [0.05, 0.1) is 27.2 Å². The molecule has 1 aromatic heterocycles. The molecule has 3 aliphatic rings. The fraction of sp³-hybridized carbons (Fsp3) is 0.409. The van der Waals surface area contributed by atoms with E-state index in [0.29, 0.717) is 25.0 Å². The van der Waals surface area contributed by atoms with Gasteiger partial charge >= 0.3 is 5.97 Å². The summed E-state index contributed by atoms with van der Waals surface area (Å²) in [5.74, 6) is -2.05. The van der Waals surface area contributed by atoms with Crippen LogP contribution in [0.2, 0.25) is 5.02 Å². The van der Waals surface area contributed by atoms with Crippen molar-refractivity contribution < 1.29 is 14.3 Å². The first-order valence-electron chi connectivity index (χ1n) is 10.2. The zero-order valence-corrected chi connectivity index (χ0v) is 17.5. The molecule has 3 atom stereocenters. The first-order chi connectivity index (χ1) is 14.8. The maximum atomic E-state index is 15.4. The molecule has 31 heavy (non-hydrogen) atoms. The normalized spacial score (nSPS) is 27.5. The minimum absolute atomic E-state index is 0.0235. The van der Waals surface area contributed by atoms with E-state index in [4.69, 9.17) is 17.3 Å². The van der Waals surface area contributed by atoms with Crippen LogP contribution >= 0.6 is 11.6 Å². The fourth-order valence-electron chi connectivity index (χ4n) is 5.10. The first kappa shape index (κ1) is 20.2. The number of nitrogens with zero attached hydrogens (tertiary/aromatic N) is 3. The summed E-state index contributed by atoms with van der Waals surface area (Å²) in [7, 11) is 0. The SMILES string of the molecule is C=N[C@]12CC=C[C@@H](N)[C@H]1CN(c1c(F)cc3c(=O)c(C(=O)O)cn(C4CC4)c3c1Cl)C2. The van der Waals surface area contributed by atoms with Crippen molar-refractivity contribution in [1.82, 2.24) is 4.57 Å². The van der Waals surface area contributed by atoms with Gasteiger partial charge in [-0.1, -0.05) is 23.8 Å². The third-order valence-electron chi connectivity index (χ3n) is 6.85. The lowest BCUT2D eigenvalue weighted by Gasteiger charge is -2.34. The predicted molar refractivity (Wildman–Crippen MR) is 118 cm³/mol.